The Bertz CT molecular complexity index is 830. The Balaban J connectivity index is 0.00000225. The molecule has 0 radical (unpaired) electrons. The van der Waals surface area contributed by atoms with E-state index in [0.717, 1.165) is 67.7 Å². The first kappa shape index (κ1) is 20.8. The molecule has 2 heterocycles. The molecule has 0 saturated carbocycles. The van der Waals surface area contributed by atoms with Gasteiger partial charge in [-0.15, -0.1) is 12.4 Å². The van der Waals surface area contributed by atoms with E-state index < -0.39 is 5.60 Å². The molecule has 1 saturated heterocycles. The molecular weight excluding hydrogens is 372 g/mol. The number of aliphatic hydroxyl groups is 1. The van der Waals surface area contributed by atoms with Crippen molar-refractivity contribution in [1.82, 2.24) is 4.90 Å². The number of nitrogens with zero attached hydrogens (tertiary/aromatic N) is 1. The maximum absolute atomic E-state index is 11.6. The maximum atomic E-state index is 11.6. The number of anilines is 1. The fourth-order valence-electron chi connectivity index (χ4n) is 4.39. The molecule has 4 rings (SSSR count). The summed E-state index contributed by atoms with van der Waals surface area (Å²) in [5, 5.41) is 14.3. The minimum Gasteiger partial charge on any atom is -0.385 e. The number of carbonyl (C=O) groups is 1. The van der Waals surface area contributed by atoms with Crippen LogP contribution in [-0.2, 0) is 23.2 Å². The third kappa shape index (κ3) is 4.40. The quantitative estimate of drug-likeness (QED) is 0.820. The van der Waals surface area contributed by atoms with Gasteiger partial charge in [-0.2, -0.15) is 0 Å². The van der Waals surface area contributed by atoms with Gasteiger partial charge in [0.15, 0.2) is 0 Å². The molecule has 2 aromatic carbocycles. The highest BCUT2D eigenvalue weighted by Gasteiger charge is 2.35. The molecule has 0 spiro atoms. The second kappa shape index (κ2) is 8.64. The number of halogens is 1. The van der Waals surface area contributed by atoms with Crippen molar-refractivity contribution in [1.29, 1.82) is 0 Å². The van der Waals surface area contributed by atoms with Gasteiger partial charge in [-0.1, -0.05) is 36.4 Å². The summed E-state index contributed by atoms with van der Waals surface area (Å²) in [5.41, 5.74) is 4.78. The van der Waals surface area contributed by atoms with Crippen molar-refractivity contribution < 1.29 is 9.90 Å². The topological polar surface area (TPSA) is 52.6 Å². The van der Waals surface area contributed by atoms with E-state index in [2.05, 4.69) is 46.6 Å². The third-order valence-electron chi connectivity index (χ3n) is 6.09. The first-order chi connectivity index (χ1) is 13.0. The highest BCUT2D eigenvalue weighted by atomic mass is 35.5. The van der Waals surface area contributed by atoms with Gasteiger partial charge in [0.1, 0.15) is 0 Å². The monoisotopic (exact) mass is 400 g/mol. The standard InChI is InChI=1S/C23H28N2O2.ClH/c1-17-15-21-19(7-8-22(26)24-21)16-20(17)23(27)10-13-25(14-11-23)12-9-18-5-3-2-4-6-18;/h2-6,15-16,27H,7-14H2,1H3,(H,24,26);1H. The number of aryl methyl sites for hydroxylation is 2. The number of fused-ring (bicyclic) bond motifs is 1. The second-order valence-electron chi connectivity index (χ2n) is 7.98. The van der Waals surface area contributed by atoms with Crippen LogP contribution in [0.25, 0.3) is 0 Å². The van der Waals surface area contributed by atoms with E-state index in [0.29, 0.717) is 6.42 Å². The zero-order chi connectivity index (χ0) is 18.9. The summed E-state index contributed by atoms with van der Waals surface area (Å²) >= 11 is 0. The van der Waals surface area contributed by atoms with Crippen LogP contribution in [0.5, 0.6) is 0 Å². The van der Waals surface area contributed by atoms with Crippen molar-refractivity contribution in [3.63, 3.8) is 0 Å². The van der Waals surface area contributed by atoms with Gasteiger partial charge in [-0.25, -0.2) is 0 Å². The van der Waals surface area contributed by atoms with Gasteiger partial charge < -0.3 is 15.3 Å². The van der Waals surface area contributed by atoms with Crippen LogP contribution in [-0.4, -0.2) is 35.5 Å². The lowest BCUT2D eigenvalue weighted by Crippen LogP contribution is -2.43. The molecule has 2 aromatic rings. The fraction of sp³-hybridized carbons (Fsp3) is 0.435. The number of hydrogen-bond donors (Lipinski definition) is 2. The predicted octanol–water partition coefficient (Wildman–Crippen LogP) is 3.83. The zero-order valence-electron chi connectivity index (χ0n) is 16.4. The first-order valence-corrected chi connectivity index (χ1v) is 9.96. The summed E-state index contributed by atoms with van der Waals surface area (Å²) in [6, 6.07) is 14.7. The van der Waals surface area contributed by atoms with Gasteiger partial charge in [0.05, 0.1) is 5.60 Å². The van der Waals surface area contributed by atoms with Gasteiger partial charge in [0, 0.05) is 31.7 Å². The van der Waals surface area contributed by atoms with Gasteiger partial charge in [-0.3, -0.25) is 4.79 Å². The Morgan fingerprint density at radius 3 is 2.54 bits per heavy atom. The normalized spacial score (nSPS) is 18.7. The van der Waals surface area contributed by atoms with E-state index in [4.69, 9.17) is 0 Å². The van der Waals surface area contributed by atoms with Crippen LogP contribution in [0.1, 0.15) is 41.5 Å². The predicted molar refractivity (Wildman–Crippen MR) is 115 cm³/mol. The average Bonchev–Trinajstić information content (AvgIpc) is 2.68. The van der Waals surface area contributed by atoms with Crippen LogP contribution in [0, 0.1) is 6.92 Å². The van der Waals surface area contributed by atoms with Crippen LogP contribution in [0.15, 0.2) is 42.5 Å². The molecule has 0 aliphatic carbocycles. The fourth-order valence-corrected chi connectivity index (χ4v) is 4.39. The molecule has 2 aliphatic heterocycles. The van der Waals surface area contributed by atoms with Crippen molar-refractivity contribution in [2.24, 2.45) is 0 Å². The van der Waals surface area contributed by atoms with Crippen LogP contribution in [0.3, 0.4) is 0 Å². The van der Waals surface area contributed by atoms with Crippen LogP contribution >= 0.6 is 12.4 Å². The molecule has 0 bridgehead atoms. The number of carbonyl (C=O) groups excluding carboxylic acids is 1. The van der Waals surface area contributed by atoms with Crippen LogP contribution in [0.2, 0.25) is 0 Å². The van der Waals surface area contributed by atoms with E-state index in [1.54, 1.807) is 0 Å². The summed E-state index contributed by atoms with van der Waals surface area (Å²) in [5.74, 6) is 0.0834. The Morgan fingerprint density at radius 2 is 1.82 bits per heavy atom. The number of nitrogens with one attached hydrogen (secondary N) is 1. The van der Waals surface area contributed by atoms with Crippen LogP contribution < -0.4 is 5.32 Å². The van der Waals surface area contributed by atoms with E-state index in [-0.39, 0.29) is 18.3 Å². The number of rotatable bonds is 4. The summed E-state index contributed by atoms with van der Waals surface area (Å²) < 4.78 is 0. The van der Waals surface area contributed by atoms with Crippen molar-refractivity contribution >= 4 is 24.0 Å². The van der Waals surface area contributed by atoms with Gasteiger partial charge in [0.2, 0.25) is 5.91 Å². The van der Waals surface area contributed by atoms with Crippen molar-refractivity contribution in [3.8, 4) is 0 Å². The lowest BCUT2D eigenvalue weighted by Gasteiger charge is -2.40. The van der Waals surface area contributed by atoms with E-state index in [1.807, 2.05) is 13.0 Å². The Morgan fingerprint density at radius 1 is 1.11 bits per heavy atom. The Hall–Kier alpha value is -1.88. The smallest absolute Gasteiger partial charge is 0.224 e. The molecule has 28 heavy (non-hydrogen) atoms. The van der Waals surface area contributed by atoms with Gasteiger partial charge in [0.25, 0.3) is 0 Å². The largest absolute Gasteiger partial charge is 0.385 e. The molecular formula is C23H29ClN2O2. The highest BCUT2D eigenvalue weighted by molar-refractivity contribution is 5.94. The molecule has 1 amide bonds. The van der Waals surface area contributed by atoms with Gasteiger partial charge >= 0.3 is 0 Å². The molecule has 0 unspecified atom stereocenters. The minimum absolute atomic E-state index is 0. The lowest BCUT2D eigenvalue weighted by molar-refractivity contribution is -0.116. The number of likely N-dealkylation sites (tertiary alicyclic amines) is 1. The third-order valence-corrected chi connectivity index (χ3v) is 6.09. The summed E-state index contributed by atoms with van der Waals surface area (Å²) in [6.45, 7) is 4.90. The van der Waals surface area contributed by atoms with Gasteiger partial charge in [-0.05, 0) is 60.9 Å². The number of amides is 1. The Kier molecular flexibility index (Phi) is 6.43. The van der Waals surface area contributed by atoms with E-state index in [9.17, 15) is 9.90 Å². The van der Waals surface area contributed by atoms with Crippen molar-refractivity contribution in [2.75, 3.05) is 25.0 Å². The molecule has 150 valence electrons. The molecule has 2 aliphatic rings. The minimum atomic E-state index is -0.760. The molecule has 4 nitrogen and oxygen atoms in total. The Labute approximate surface area is 173 Å². The summed E-state index contributed by atoms with van der Waals surface area (Å²) in [7, 11) is 0. The zero-order valence-corrected chi connectivity index (χ0v) is 17.2. The average molecular weight is 401 g/mol. The first-order valence-electron chi connectivity index (χ1n) is 9.96. The number of benzene rings is 2. The number of piperidine rings is 1. The van der Waals surface area contributed by atoms with Crippen LogP contribution in [0.4, 0.5) is 5.69 Å². The molecule has 0 aromatic heterocycles. The molecule has 1 fully saturated rings. The number of hydrogen-bond acceptors (Lipinski definition) is 3. The molecule has 5 heteroatoms. The van der Waals surface area contributed by atoms with E-state index in [1.165, 1.54) is 5.56 Å². The van der Waals surface area contributed by atoms with E-state index >= 15 is 0 Å². The van der Waals surface area contributed by atoms with Crippen molar-refractivity contribution in [3.05, 3.63) is 64.7 Å². The second-order valence-corrected chi connectivity index (χ2v) is 7.98. The SMILES string of the molecule is Cc1cc2c(cc1C1(O)CCN(CCc3ccccc3)CC1)CCC(=O)N2.Cl. The summed E-state index contributed by atoms with van der Waals surface area (Å²) in [6.07, 6.45) is 3.85. The molecule has 0 atom stereocenters. The highest BCUT2D eigenvalue weighted by Crippen LogP contribution is 2.38. The maximum Gasteiger partial charge on any atom is 0.224 e. The lowest BCUT2D eigenvalue weighted by atomic mass is 9.80. The van der Waals surface area contributed by atoms with Crippen molar-refractivity contribution in [2.45, 2.75) is 44.6 Å². The molecule has 2 N–H and O–H groups in total. The summed E-state index contributed by atoms with van der Waals surface area (Å²) in [4.78, 5) is 14.1.